The Bertz CT molecular complexity index is 1330. The number of ether oxygens (including phenoxy) is 2. The molecular formula is C24H17Cl2FN2O6. The van der Waals surface area contributed by atoms with Crippen molar-refractivity contribution in [3.05, 3.63) is 92.7 Å². The molecule has 8 nitrogen and oxygen atoms in total. The van der Waals surface area contributed by atoms with E-state index in [1.54, 1.807) is 18.2 Å². The molecule has 35 heavy (non-hydrogen) atoms. The third kappa shape index (κ3) is 5.31. The normalized spacial score (nSPS) is 14.4. The molecule has 1 fully saturated rings. The Morgan fingerprint density at radius 1 is 1.14 bits per heavy atom. The van der Waals surface area contributed by atoms with E-state index in [0.717, 1.165) is 4.90 Å². The maximum absolute atomic E-state index is 13.8. The third-order valence-electron chi connectivity index (χ3n) is 4.99. The molecule has 0 spiro atoms. The number of esters is 1. The van der Waals surface area contributed by atoms with E-state index in [0.29, 0.717) is 11.1 Å². The molecule has 2 heterocycles. The summed E-state index contributed by atoms with van der Waals surface area (Å²) in [5, 5.41) is 2.75. The number of benzene rings is 2. The molecule has 1 saturated heterocycles. The first-order valence-corrected chi connectivity index (χ1v) is 10.9. The molecule has 1 aromatic heterocycles. The number of methoxy groups -OCH3 is 1. The van der Waals surface area contributed by atoms with Crippen molar-refractivity contribution >= 4 is 47.2 Å². The Morgan fingerprint density at radius 2 is 1.86 bits per heavy atom. The summed E-state index contributed by atoms with van der Waals surface area (Å²) in [5.41, 5.74) is 0.747. The van der Waals surface area contributed by atoms with Gasteiger partial charge in [0.1, 0.15) is 23.9 Å². The number of amides is 3. The first-order valence-electron chi connectivity index (χ1n) is 10.1. The number of nitrogens with one attached hydrogen (secondary N) is 1. The van der Waals surface area contributed by atoms with Gasteiger partial charge >= 0.3 is 12.0 Å². The van der Waals surface area contributed by atoms with E-state index in [1.165, 1.54) is 43.5 Å². The topological polar surface area (TPSA) is 98.1 Å². The smallest absolute Gasteiger partial charge is 0.373 e. The zero-order chi connectivity index (χ0) is 25.1. The Labute approximate surface area is 208 Å². The van der Waals surface area contributed by atoms with Gasteiger partial charge in [0, 0.05) is 5.56 Å². The van der Waals surface area contributed by atoms with Crippen LogP contribution in [0.5, 0.6) is 5.75 Å². The van der Waals surface area contributed by atoms with Crippen molar-refractivity contribution in [1.29, 1.82) is 0 Å². The lowest BCUT2D eigenvalue weighted by atomic mass is 10.1. The number of urea groups is 1. The summed E-state index contributed by atoms with van der Waals surface area (Å²) in [5.74, 6) is -1.38. The number of hydrogen-bond donors (Lipinski definition) is 1. The van der Waals surface area contributed by atoms with Gasteiger partial charge in [0.25, 0.3) is 5.91 Å². The Balaban J connectivity index is 1.48. The highest BCUT2D eigenvalue weighted by Gasteiger charge is 2.34. The molecular weight excluding hydrogens is 502 g/mol. The maximum atomic E-state index is 13.8. The summed E-state index contributed by atoms with van der Waals surface area (Å²) >= 11 is 12.6. The third-order valence-corrected chi connectivity index (χ3v) is 5.55. The van der Waals surface area contributed by atoms with Crippen molar-refractivity contribution in [3.63, 3.8) is 0 Å². The molecule has 1 aliphatic heterocycles. The molecule has 2 aromatic carbocycles. The minimum absolute atomic E-state index is 0.0121. The zero-order valence-corrected chi connectivity index (χ0v) is 19.7. The van der Waals surface area contributed by atoms with Crippen LogP contribution in [0.2, 0.25) is 10.0 Å². The number of nitrogens with zero attached hydrogens (tertiary/aromatic N) is 1. The number of furan rings is 1. The van der Waals surface area contributed by atoms with Crippen LogP contribution in [0, 0.1) is 5.82 Å². The lowest BCUT2D eigenvalue weighted by Gasteiger charge is -2.11. The number of carbonyl (C=O) groups is 3. The number of imide groups is 1. The fraction of sp³-hybridized carbons (Fsp3) is 0.125. The van der Waals surface area contributed by atoms with Gasteiger partial charge in [0.05, 0.1) is 23.7 Å². The van der Waals surface area contributed by atoms with Crippen LogP contribution in [0.25, 0.3) is 6.08 Å². The molecule has 0 bridgehead atoms. The Hall–Kier alpha value is -3.82. The number of hydrogen-bond acceptors (Lipinski definition) is 6. The van der Waals surface area contributed by atoms with Gasteiger partial charge in [0.15, 0.2) is 5.75 Å². The van der Waals surface area contributed by atoms with Crippen molar-refractivity contribution < 1.29 is 32.7 Å². The predicted octanol–water partition coefficient (Wildman–Crippen LogP) is 5.18. The van der Waals surface area contributed by atoms with E-state index in [-0.39, 0.29) is 46.2 Å². The van der Waals surface area contributed by atoms with Crippen molar-refractivity contribution in [1.82, 2.24) is 10.2 Å². The first-order chi connectivity index (χ1) is 16.8. The van der Waals surface area contributed by atoms with Crippen LogP contribution < -0.4 is 10.1 Å². The van der Waals surface area contributed by atoms with Crippen molar-refractivity contribution in [3.8, 4) is 5.75 Å². The average Bonchev–Trinajstić information content (AvgIpc) is 3.39. The lowest BCUT2D eigenvalue weighted by Crippen LogP contribution is -2.30. The zero-order valence-electron chi connectivity index (χ0n) is 18.1. The second-order valence-electron chi connectivity index (χ2n) is 7.33. The molecule has 0 unspecified atom stereocenters. The molecule has 3 amide bonds. The van der Waals surface area contributed by atoms with Gasteiger partial charge < -0.3 is 19.2 Å². The van der Waals surface area contributed by atoms with Crippen molar-refractivity contribution in [2.45, 2.75) is 13.2 Å². The lowest BCUT2D eigenvalue weighted by molar-refractivity contribution is -0.123. The summed E-state index contributed by atoms with van der Waals surface area (Å²) in [4.78, 5) is 37.5. The molecule has 180 valence electrons. The average molecular weight is 519 g/mol. The Kier molecular flexibility index (Phi) is 7.09. The van der Waals surface area contributed by atoms with Crippen molar-refractivity contribution in [2.75, 3.05) is 7.11 Å². The predicted molar refractivity (Wildman–Crippen MR) is 124 cm³/mol. The van der Waals surface area contributed by atoms with E-state index in [1.807, 2.05) is 0 Å². The number of carbonyl (C=O) groups excluding carboxylic acids is 3. The van der Waals surface area contributed by atoms with Gasteiger partial charge in [-0.2, -0.15) is 0 Å². The molecule has 1 aliphatic rings. The Morgan fingerprint density at radius 3 is 2.54 bits per heavy atom. The number of halogens is 3. The molecule has 0 atom stereocenters. The second kappa shape index (κ2) is 10.2. The maximum Gasteiger partial charge on any atom is 0.373 e. The van der Waals surface area contributed by atoms with E-state index in [2.05, 4.69) is 10.1 Å². The summed E-state index contributed by atoms with van der Waals surface area (Å²) in [6.07, 6.45) is 1.40. The minimum Gasteiger partial charge on any atom is -0.486 e. The van der Waals surface area contributed by atoms with Crippen LogP contribution in [-0.4, -0.2) is 29.9 Å². The summed E-state index contributed by atoms with van der Waals surface area (Å²) < 4.78 is 29.3. The fourth-order valence-electron chi connectivity index (χ4n) is 3.28. The van der Waals surface area contributed by atoms with E-state index < -0.39 is 23.7 Å². The monoisotopic (exact) mass is 518 g/mol. The molecule has 11 heteroatoms. The highest BCUT2D eigenvalue weighted by molar-refractivity contribution is 6.37. The summed E-state index contributed by atoms with van der Waals surface area (Å²) in [6.45, 7) is -0.274. The van der Waals surface area contributed by atoms with Gasteiger partial charge in [-0.05, 0) is 42.0 Å². The first kappa shape index (κ1) is 24.3. The van der Waals surface area contributed by atoms with Crippen LogP contribution in [-0.2, 0) is 22.7 Å². The highest BCUT2D eigenvalue weighted by atomic mass is 35.5. The van der Waals surface area contributed by atoms with E-state index in [9.17, 15) is 18.8 Å². The van der Waals surface area contributed by atoms with Gasteiger partial charge in [-0.1, -0.05) is 41.4 Å². The second-order valence-corrected chi connectivity index (χ2v) is 8.15. The van der Waals surface area contributed by atoms with Crippen molar-refractivity contribution in [2.24, 2.45) is 0 Å². The van der Waals surface area contributed by atoms with Gasteiger partial charge in [-0.15, -0.1) is 0 Å². The van der Waals surface area contributed by atoms with E-state index in [4.69, 9.17) is 32.4 Å². The minimum atomic E-state index is -0.677. The van der Waals surface area contributed by atoms with E-state index >= 15 is 0 Å². The molecule has 1 N–H and O–H groups in total. The van der Waals surface area contributed by atoms with Crippen LogP contribution in [0.4, 0.5) is 9.18 Å². The largest absolute Gasteiger partial charge is 0.486 e. The molecule has 0 radical (unpaired) electrons. The molecule has 4 rings (SSSR count). The molecule has 3 aromatic rings. The standard InChI is InChI=1S/C24H17Cl2FN2O6/c1-33-23(31)20-7-6-15(35-20)11-29-22(30)19(28-24(29)32)10-13-8-16(25)21(17(26)9-13)34-12-14-4-2-3-5-18(14)27/h2-10H,11-12H2,1H3,(H,28,32)/b19-10-. The highest BCUT2D eigenvalue weighted by Crippen LogP contribution is 2.35. The van der Waals surface area contributed by atoms with Crippen LogP contribution >= 0.6 is 23.2 Å². The fourth-order valence-corrected chi connectivity index (χ4v) is 3.89. The quantitative estimate of drug-likeness (QED) is 0.262. The van der Waals surface area contributed by atoms with Crippen LogP contribution in [0.1, 0.15) is 27.4 Å². The van der Waals surface area contributed by atoms with Gasteiger partial charge in [-0.25, -0.2) is 14.0 Å². The van der Waals surface area contributed by atoms with Gasteiger partial charge in [-0.3, -0.25) is 9.69 Å². The van der Waals surface area contributed by atoms with Crippen LogP contribution in [0.3, 0.4) is 0 Å². The van der Waals surface area contributed by atoms with Crippen LogP contribution in [0.15, 0.2) is 58.6 Å². The molecule has 0 saturated carbocycles. The summed E-state index contributed by atoms with van der Waals surface area (Å²) in [6, 6.07) is 11.3. The summed E-state index contributed by atoms with van der Waals surface area (Å²) in [7, 11) is 1.21. The number of rotatable bonds is 7. The molecule has 0 aliphatic carbocycles. The SMILES string of the molecule is COC(=O)c1ccc(CN2C(=O)N/C(=C\c3cc(Cl)c(OCc4ccccc4F)c(Cl)c3)C2=O)o1. The van der Waals surface area contributed by atoms with Gasteiger partial charge in [0.2, 0.25) is 5.76 Å².